The number of nitrogens with zero attached hydrogens (tertiary/aromatic N) is 1. The summed E-state index contributed by atoms with van der Waals surface area (Å²) in [6, 6.07) is 7.12. The molecule has 0 spiro atoms. The number of aromatic amines is 1. The maximum Gasteiger partial charge on any atom is 0.161 e. The van der Waals surface area contributed by atoms with Crippen molar-refractivity contribution in [2.75, 3.05) is 0 Å². The van der Waals surface area contributed by atoms with Crippen LogP contribution in [0.5, 0.6) is 5.75 Å². The minimum Gasteiger partial charge on any atom is -0.508 e. The Bertz CT molecular complexity index is 741. The van der Waals surface area contributed by atoms with Crippen LogP contribution in [0.25, 0.3) is 22.4 Å². The van der Waals surface area contributed by atoms with Crippen LogP contribution < -0.4 is 0 Å². The van der Waals surface area contributed by atoms with Gasteiger partial charge in [0, 0.05) is 17.7 Å². The molecule has 0 saturated heterocycles. The van der Waals surface area contributed by atoms with Crippen molar-refractivity contribution in [3.63, 3.8) is 0 Å². The molecule has 0 atom stereocenters. The molecule has 2 aromatic carbocycles. The fourth-order valence-corrected chi connectivity index (χ4v) is 1.94. The van der Waals surface area contributed by atoms with Gasteiger partial charge in [0.25, 0.3) is 0 Å². The molecule has 19 heavy (non-hydrogen) atoms. The highest BCUT2D eigenvalue weighted by molar-refractivity contribution is 5.79. The first kappa shape index (κ1) is 11.6. The Kier molecular flexibility index (Phi) is 2.48. The van der Waals surface area contributed by atoms with Crippen molar-refractivity contribution in [3.05, 3.63) is 47.5 Å². The van der Waals surface area contributed by atoms with Crippen LogP contribution >= 0.6 is 0 Å². The maximum atomic E-state index is 13.1. The van der Waals surface area contributed by atoms with Crippen molar-refractivity contribution in [2.45, 2.75) is 6.92 Å². The molecule has 0 saturated carbocycles. The van der Waals surface area contributed by atoms with Crippen LogP contribution in [0.15, 0.2) is 30.3 Å². The number of hydrogen-bond donors (Lipinski definition) is 2. The molecule has 1 aromatic heterocycles. The Morgan fingerprint density at radius 1 is 1.11 bits per heavy atom. The van der Waals surface area contributed by atoms with Gasteiger partial charge in [-0.15, -0.1) is 0 Å². The molecule has 5 heteroatoms. The summed E-state index contributed by atoms with van der Waals surface area (Å²) >= 11 is 0. The quantitative estimate of drug-likeness (QED) is 0.703. The molecule has 0 radical (unpaired) electrons. The van der Waals surface area contributed by atoms with Gasteiger partial charge in [-0.1, -0.05) is 0 Å². The summed E-state index contributed by atoms with van der Waals surface area (Å²) in [6.45, 7) is 1.76. The van der Waals surface area contributed by atoms with Gasteiger partial charge in [0.05, 0.1) is 11.0 Å². The predicted molar refractivity (Wildman–Crippen MR) is 67.8 cm³/mol. The number of H-pyrrole nitrogens is 1. The van der Waals surface area contributed by atoms with Gasteiger partial charge in [-0.25, -0.2) is 13.8 Å². The second-order valence-electron chi connectivity index (χ2n) is 4.37. The lowest BCUT2D eigenvalue weighted by Crippen LogP contribution is -1.82. The van der Waals surface area contributed by atoms with Gasteiger partial charge < -0.3 is 10.1 Å². The zero-order valence-corrected chi connectivity index (χ0v) is 10.0. The van der Waals surface area contributed by atoms with E-state index in [1.165, 1.54) is 0 Å². The number of phenols is 1. The molecule has 3 aromatic rings. The Balaban J connectivity index is 2.17. The van der Waals surface area contributed by atoms with Crippen LogP contribution in [0, 0.1) is 18.6 Å². The third kappa shape index (κ3) is 1.93. The number of rotatable bonds is 1. The summed E-state index contributed by atoms with van der Waals surface area (Å²) in [4.78, 5) is 7.14. The molecule has 3 rings (SSSR count). The monoisotopic (exact) mass is 260 g/mol. The Morgan fingerprint density at radius 3 is 2.58 bits per heavy atom. The van der Waals surface area contributed by atoms with Crippen molar-refractivity contribution in [1.82, 2.24) is 9.97 Å². The van der Waals surface area contributed by atoms with E-state index >= 15 is 0 Å². The zero-order chi connectivity index (χ0) is 13.6. The molecule has 0 bridgehead atoms. The molecule has 0 aliphatic carbocycles. The molecule has 0 aliphatic rings. The number of hydrogen-bond acceptors (Lipinski definition) is 2. The van der Waals surface area contributed by atoms with Crippen molar-refractivity contribution in [3.8, 4) is 17.1 Å². The number of phenolic OH excluding ortho intramolecular Hbond substituents is 1. The van der Waals surface area contributed by atoms with Crippen molar-refractivity contribution in [1.29, 1.82) is 0 Å². The Morgan fingerprint density at radius 2 is 1.84 bits per heavy atom. The maximum absolute atomic E-state index is 13.1. The smallest absolute Gasteiger partial charge is 0.161 e. The zero-order valence-electron chi connectivity index (χ0n) is 10.0. The minimum atomic E-state index is -0.924. The van der Waals surface area contributed by atoms with Gasteiger partial charge in [0.1, 0.15) is 11.6 Å². The van der Waals surface area contributed by atoms with E-state index < -0.39 is 11.6 Å². The summed E-state index contributed by atoms with van der Waals surface area (Å²) < 4.78 is 26.2. The lowest BCUT2D eigenvalue weighted by molar-refractivity contribution is 0.471. The number of nitrogens with one attached hydrogen (secondary N) is 1. The van der Waals surface area contributed by atoms with Crippen LogP contribution in [-0.2, 0) is 0 Å². The lowest BCUT2D eigenvalue weighted by atomic mass is 10.1. The molecule has 2 N–H and O–H groups in total. The predicted octanol–water partition coefficient (Wildman–Crippen LogP) is 3.52. The fourth-order valence-electron chi connectivity index (χ4n) is 1.94. The second kappa shape index (κ2) is 4.05. The summed E-state index contributed by atoms with van der Waals surface area (Å²) in [5.74, 6) is -1.14. The molecule has 0 unspecified atom stereocenters. The van der Waals surface area contributed by atoms with Crippen molar-refractivity contribution in [2.24, 2.45) is 0 Å². The van der Waals surface area contributed by atoms with Gasteiger partial charge in [-0.2, -0.15) is 0 Å². The molecule has 96 valence electrons. The summed E-state index contributed by atoms with van der Waals surface area (Å²) in [5.41, 5.74) is 2.24. The van der Waals surface area contributed by atoms with Crippen LogP contribution in [0.4, 0.5) is 8.78 Å². The summed E-state index contributed by atoms with van der Waals surface area (Å²) in [6.07, 6.45) is 0. The normalized spacial score (nSPS) is 11.1. The average Bonchev–Trinajstić information content (AvgIpc) is 2.76. The highest BCUT2D eigenvalue weighted by Gasteiger charge is 2.10. The molecule has 0 fully saturated rings. The van der Waals surface area contributed by atoms with Crippen LogP contribution in [0.3, 0.4) is 0 Å². The van der Waals surface area contributed by atoms with E-state index in [9.17, 15) is 13.9 Å². The standard InChI is InChI=1S/C14H10F2N2O/c1-7-4-8(2-3-13(7)19)14-17-11-5-9(15)10(16)6-12(11)18-14/h2-6,19H,1H3,(H,17,18). The van der Waals surface area contributed by atoms with E-state index in [1.807, 2.05) is 0 Å². The molecular formula is C14H10F2N2O. The topological polar surface area (TPSA) is 48.9 Å². The van der Waals surface area contributed by atoms with Gasteiger partial charge in [0.2, 0.25) is 0 Å². The average molecular weight is 260 g/mol. The Hall–Kier alpha value is -2.43. The second-order valence-corrected chi connectivity index (χ2v) is 4.37. The highest BCUT2D eigenvalue weighted by Crippen LogP contribution is 2.26. The number of aryl methyl sites for hydroxylation is 1. The number of halogens is 2. The first-order valence-electron chi connectivity index (χ1n) is 5.69. The summed E-state index contributed by atoms with van der Waals surface area (Å²) in [7, 11) is 0. The van der Waals surface area contributed by atoms with E-state index in [1.54, 1.807) is 25.1 Å². The van der Waals surface area contributed by atoms with E-state index in [0.717, 1.165) is 17.7 Å². The third-order valence-corrected chi connectivity index (χ3v) is 2.99. The number of aromatic nitrogens is 2. The highest BCUT2D eigenvalue weighted by atomic mass is 19.2. The van der Waals surface area contributed by atoms with E-state index in [2.05, 4.69) is 9.97 Å². The molecule has 3 nitrogen and oxygen atoms in total. The van der Waals surface area contributed by atoms with E-state index in [4.69, 9.17) is 0 Å². The first-order valence-corrected chi connectivity index (χ1v) is 5.69. The van der Waals surface area contributed by atoms with Crippen molar-refractivity contribution < 1.29 is 13.9 Å². The molecular weight excluding hydrogens is 250 g/mol. The largest absolute Gasteiger partial charge is 0.508 e. The van der Waals surface area contributed by atoms with Crippen LogP contribution in [-0.4, -0.2) is 15.1 Å². The minimum absolute atomic E-state index is 0.192. The van der Waals surface area contributed by atoms with Crippen LogP contribution in [0.2, 0.25) is 0 Å². The molecule has 1 heterocycles. The van der Waals surface area contributed by atoms with Gasteiger partial charge in [-0.3, -0.25) is 0 Å². The van der Waals surface area contributed by atoms with Gasteiger partial charge in [-0.05, 0) is 30.7 Å². The fraction of sp³-hybridized carbons (Fsp3) is 0.0714. The van der Waals surface area contributed by atoms with E-state index in [-0.39, 0.29) is 5.75 Å². The molecule has 0 aliphatic heterocycles. The van der Waals surface area contributed by atoms with Gasteiger partial charge in [0.15, 0.2) is 11.6 Å². The van der Waals surface area contributed by atoms with Crippen molar-refractivity contribution >= 4 is 11.0 Å². The summed E-state index contributed by atoms with van der Waals surface area (Å²) in [5, 5.41) is 9.47. The molecule has 0 amide bonds. The number of aromatic hydroxyl groups is 1. The van der Waals surface area contributed by atoms with Crippen LogP contribution in [0.1, 0.15) is 5.56 Å². The van der Waals surface area contributed by atoms with E-state index in [0.29, 0.717) is 22.4 Å². The number of fused-ring (bicyclic) bond motifs is 1. The Labute approximate surface area is 107 Å². The third-order valence-electron chi connectivity index (χ3n) is 2.99. The number of benzene rings is 2. The lowest BCUT2D eigenvalue weighted by Gasteiger charge is -2.00. The first-order chi connectivity index (χ1) is 9.04. The van der Waals surface area contributed by atoms with Gasteiger partial charge >= 0.3 is 0 Å². The SMILES string of the molecule is Cc1cc(-c2nc3cc(F)c(F)cc3[nH]2)ccc1O. The number of imidazole rings is 1.